The van der Waals surface area contributed by atoms with Crippen LogP contribution in [0.15, 0.2) is 73.3 Å². The standard InChI is InChI=1S/C23H32N6O3.C22H30N6O3.C21H28N6O3.C21H28N6O2/c1-16(2)32-23(30)26-20-13-17(3)18(15-24-20)19-14-21(28-9-11-31-12-10-28)27-22(25-19)29-7-5-4-6-8-29;1-3-31-22(29)25-19-13-16(2)17(15-23-19)18-14-20(27-9-11-30-12-10-27)26-21(24-18)28-7-5-4-6-8-28;1-15-12-18(24-21(28)29-2)22-14-16(15)17-13-19(26-8-10-30-11-9-26)25-20(23-17)27-6-4-3-5-7-27;1-15-12-19(23-16(2)28)22-14-17(15)18-13-20(26-8-10-29-11-9-26)25-21(24-18)27-6-4-3-5-7-27/h13-16H,4-12H2,1-3H3,(H,24,26,30);13-15H,3-12H2,1-2H3,(H,23,25,29);12-14H,3-11H2,1-2H3,(H,22,24,28);12-14H,3-11H2,1-2H3,(H,22,23,28)/i;;;2D3. The molecular weight excluding hydrogens is 1560 g/mol. The number of rotatable bonds is 18. The van der Waals surface area contributed by atoms with E-state index in [0.29, 0.717) is 82.9 Å². The van der Waals surface area contributed by atoms with Crippen LogP contribution in [0.3, 0.4) is 0 Å². The Morgan fingerprint density at radius 1 is 0.361 bits per heavy atom. The van der Waals surface area contributed by atoms with Gasteiger partial charge in [0, 0.05) is 187 Å². The number of aryl methyl sites for hydroxylation is 4. The Hall–Kier alpha value is -11.6. The van der Waals surface area contributed by atoms with Gasteiger partial charge in [0.1, 0.15) is 46.5 Å². The van der Waals surface area contributed by atoms with Crippen molar-refractivity contribution < 1.29 is 56.4 Å². The summed E-state index contributed by atoms with van der Waals surface area (Å²) in [5.74, 6) is 7.13. The lowest BCUT2D eigenvalue weighted by molar-refractivity contribution is -0.114. The highest BCUT2D eigenvalue weighted by molar-refractivity contribution is 5.88. The van der Waals surface area contributed by atoms with E-state index in [4.69, 9.17) is 72.4 Å². The molecule has 0 bridgehead atoms. The van der Waals surface area contributed by atoms with Crippen LogP contribution in [-0.4, -0.2) is 261 Å². The highest BCUT2D eigenvalue weighted by Crippen LogP contribution is 2.36. The molecule has 122 heavy (non-hydrogen) atoms. The van der Waals surface area contributed by atoms with Crippen molar-refractivity contribution in [3.05, 3.63) is 95.6 Å². The van der Waals surface area contributed by atoms with E-state index >= 15 is 0 Å². The summed E-state index contributed by atoms with van der Waals surface area (Å²) in [5, 5.41) is 10.3. The smallest absolute Gasteiger partial charge is 0.413 e. The van der Waals surface area contributed by atoms with Crippen LogP contribution in [0.2, 0.25) is 0 Å². The number of ether oxygens (including phenoxy) is 7. The molecule has 8 fully saturated rings. The van der Waals surface area contributed by atoms with E-state index in [9.17, 15) is 19.2 Å². The van der Waals surface area contributed by atoms with Gasteiger partial charge >= 0.3 is 18.3 Å². The molecule has 0 spiro atoms. The van der Waals surface area contributed by atoms with Crippen LogP contribution in [-0.2, 0) is 38.0 Å². The van der Waals surface area contributed by atoms with Crippen LogP contribution in [0.25, 0.3) is 45.0 Å². The Morgan fingerprint density at radius 3 is 0.869 bits per heavy atom. The summed E-state index contributed by atoms with van der Waals surface area (Å²) < 4.78 is 58.4. The minimum Gasteiger partial charge on any atom is -0.453 e. The van der Waals surface area contributed by atoms with Crippen molar-refractivity contribution in [3.63, 3.8) is 0 Å². The van der Waals surface area contributed by atoms with Crippen molar-refractivity contribution in [1.29, 1.82) is 0 Å². The molecule has 0 unspecified atom stereocenters. The van der Waals surface area contributed by atoms with Crippen LogP contribution < -0.4 is 60.5 Å². The maximum Gasteiger partial charge on any atom is 0.413 e. The SMILES string of the molecule is CCOC(=O)Nc1cc(C)c(-c2cc(N3CCOCC3)nc(N3CCCCC3)n2)cn1.COC(=O)Nc1cc(C)c(-c2cc(N3CCOCC3)nc(N3CCCCC3)n2)cn1.Cc1cc(NC(=O)OC(C)C)ncc1-c1cc(N2CCOCC2)nc(N2CCCCC2)n1.[2H]C([2H])([2H])C(=O)Nc1cc(C)c(-c2cc(N3CCOCC3)nc(N3CCCCC3)n2)cn1. The summed E-state index contributed by atoms with van der Waals surface area (Å²) in [6.07, 6.45) is 19.3. The number of amides is 4. The highest BCUT2D eigenvalue weighted by Gasteiger charge is 2.28. The number of nitrogens with one attached hydrogen (secondary N) is 4. The van der Waals surface area contributed by atoms with Crippen LogP contribution >= 0.6 is 0 Å². The fourth-order valence-electron chi connectivity index (χ4n) is 15.5. The number of anilines is 12. The fraction of sp³-hybridized carbons (Fsp3) is 0.540. The summed E-state index contributed by atoms with van der Waals surface area (Å²) >= 11 is 0. The number of hydrogen-bond donors (Lipinski definition) is 4. The van der Waals surface area contributed by atoms with E-state index in [1.165, 1.54) is 32.8 Å². The third-order valence-electron chi connectivity index (χ3n) is 22.0. The van der Waals surface area contributed by atoms with E-state index in [0.717, 1.165) is 264 Å². The molecule has 652 valence electrons. The second-order valence-corrected chi connectivity index (χ2v) is 31.3. The van der Waals surface area contributed by atoms with Gasteiger partial charge < -0.3 is 77.7 Å². The van der Waals surface area contributed by atoms with Crippen molar-refractivity contribution >= 4 is 94.5 Å². The van der Waals surface area contributed by atoms with Crippen LogP contribution in [0, 0.1) is 27.7 Å². The van der Waals surface area contributed by atoms with Gasteiger partial charge in [0.25, 0.3) is 0 Å². The molecule has 16 heterocycles. The van der Waals surface area contributed by atoms with Crippen molar-refractivity contribution in [2.24, 2.45) is 0 Å². The third kappa shape index (κ3) is 24.6. The molecule has 0 aromatic carbocycles. The summed E-state index contributed by atoms with van der Waals surface area (Å²) in [4.78, 5) is 121. The molecule has 8 aromatic rings. The lowest BCUT2D eigenvalue weighted by Crippen LogP contribution is -2.37. The van der Waals surface area contributed by atoms with Crippen LogP contribution in [0.1, 0.15) is 131 Å². The third-order valence-corrected chi connectivity index (χ3v) is 22.0. The molecule has 0 saturated carbocycles. The number of nitrogens with zero attached hydrogens (tertiary/aromatic N) is 20. The molecule has 0 atom stereocenters. The predicted molar refractivity (Wildman–Crippen MR) is 473 cm³/mol. The Morgan fingerprint density at radius 2 is 0.623 bits per heavy atom. The molecule has 4 N–H and O–H groups in total. The molecule has 8 aliphatic heterocycles. The van der Waals surface area contributed by atoms with Crippen molar-refractivity contribution in [2.75, 3.05) is 232 Å². The number of morpholine rings is 4. The molecule has 8 saturated heterocycles. The Labute approximate surface area is 718 Å². The molecule has 0 aliphatic carbocycles. The fourth-order valence-corrected chi connectivity index (χ4v) is 15.5. The zero-order valence-corrected chi connectivity index (χ0v) is 71.6. The van der Waals surface area contributed by atoms with E-state index in [1.54, 1.807) is 37.8 Å². The zero-order chi connectivity index (χ0) is 87.8. The number of carbonyl (C=O) groups excluding carboxylic acids is 4. The molecule has 8 aliphatic rings. The molecule has 8 aromatic heterocycles. The van der Waals surface area contributed by atoms with Gasteiger partial charge in [-0.2, -0.15) is 19.9 Å². The number of methoxy groups -OCH3 is 1. The second kappa shape index (κ2) is 43.8. The Bertz CT molecular complexity index is 4790. The van der Waals surface area contributed by atoms with Gasteiger partial charge in [-0.3, -0.25) is 20.7 Å². The lowest BCUT2D eigenvalue weighted by Gasteiger charge is -2.31. The van der Waals surface area contributed by atoms with Crippen molar-refractivity contribution in [3.8, 4) is 45.0 Å². The average molecular weight is 1680 g/mol. The van der Waals surface area contributed by atoms with E-state index in [-0.39, 0.29) is 11.9 Å². The lowest BCUT2D eigenvalue weighted by atomic mass is 10.1. The normalized spacial score (nSPS) is 17.5. The van der Waals surface area contributed by atoms with Gasteiger partial charge in [-0.1, -0.05) is 0 Å². The quantitative estimate of drug-likeness (QED) is 0.0580. The number of aromatic nitrogens is 12. The summed E-state index contributed by atoms with van der Waals surface area (Å²) in [5.41, 5.74) is 10.6. The minimum atomic E-state index is -2.72. The van der Waals surface area contributed by atoms with Gasteiger partial charge in [-0.25, -0.2) is 54.3 Å². The topological polar surface area (TPSA) is 362 Å². The summed E-state index contributed by atoms with van der Waals surface area (Å²) in [6.45, 7) is 30.5. The Balaban J connectivity index is 0.000000143. The van der Waals surface area contributed by atoms with Gasteiger partial charge in [0.15, 0.2) is 0 Å². The summed E-state index contributed by atoms with van der Waals surface area (Å²) in [7, 11) is 1.33. The Kier molecular flexibility index (Phi) is 30.2. The molecular formula is C87H118N24O11. The monoisotopic (exact) mass is 1680 g/mol. The maximum absolute atomic E-state index is 11.9. The molecule has 35 nitrogen and oxygen atoms in total. The largest absolute Gasteiger partial charge is 0.453 e. The van der Waals surface area contributed by atoms with Crippen LogP contribution in [0.5, 0.6) is 0 Å². The maximum atomic E-state index is 11.9. The van der Waals surface area contributed by atoms with Crippen LogP contribution in [0.4, 0.5) is 84.7 Å². The van der Waals surface area contributed by atoms with E-state index in [1.807, 2.05) is 84.0 Å². The molecule has 4 amide bonds. The zero-order valence-electron chi connectivity index (χ0n) is 74.6. The first kappa shape index (κ1) is 84.1. The average Bonchev–Trinajstić information content (AvgIpc) is 0.807. The van der Waals surface area contributed by atoms with Gasteiger partial charge in [-0.15, -0.1) is 0 Å². The number of piperidine rings is 4. The molecule has 35 heteroatoms. The van der Waals surface area contributed by atoms with Gasteiger partial charge in [-0.05, 0) is 172 Å². The predicted octanol–water partition coefficient (Wildman–Crippen LogP) is 12.4. The second-order valence-electron chi connectivity index (χ2n) is 31.3. The number of carbonyl (C=O) groups is 4. The number of pyridine rings is 4. The summed E-state index contributed by atoms with van der Waals surface area (Å²) in [6, 6.07) is 15.2. The minimum absolute atomic E-state index is 0.191. The first-order valence-electron chi connectivity index (χ1n) is 44.4. The van der Waals surface area contributed by atoms with Gasteiger partial charge in [0.05, 0.1) is 95.5 Å². The van der Waals surface area contributed by atoms with Gasteiger partial charge in [0.2, 0.25) is 29.7 Å². The first-order chi connectivity index (χ1) is 60.6. The highest BCUT2D eigenvalue weighted by atomic mass is 16.6. The first-order valence-corrected chi connectivity index (χ1v) is 42.9. The molecule has 0 radical (unpaired) electrons. The van der Waals surface area contributed by atoms with Crippen molar-refractivity contribution in [1.82, 2.24) is 59.8 Å². The van der Waals surface area contributed by atoms with E-state index < -0.39 is 31.0 Å². The molecule has 16 rings (SSSR count). The number of hydrogen-bond acceptors (Lipinski definition) is 31. The van der Waals surface area contributed by atoms with E-state index in [2.05, 4.69) is 85.1 Å². The van der Waals surface area contributed by atoms with Crippen molar-refractivity contribution in [2.45, 2.75) is 138 Å².